The standard InChI is InChI=1S/C5H2N6O2/c6-11-4-7-1-2(8-4)9-5(13)10-3(1)12/h1H,(H-,7,8,9,10,12,13)/p+1. The van der Waals surface area contributed by atoms with Crippen molar-refractivity contribution in [3.8, 4) is 0 Å². The van der Waals surface area contributed by atoms with E-state index in [9.17, 15) is 9.59 Å². The van der Waals surface area contributed by atoms with E-state index in [1.165, 1.54) is 0 Å². The zero-order valence-corrected chi connectivity index (χ0v) is 6.18. The summed E-state index contributed by atoms with van der Waals surface area (Å²) in [5, 5.41) is 12.6. The number of carbonyl (C=O) groups excluding carboxylic acids is 2. The van der Waals surface area contributed by atoms with Crippen LogP contribution in [0.15, 0.2) is 9.98 Å². The molecule has 2 N–H and O–H groups in total. The van der Waals surface area contributed by atoms with E-state index in [0.29, 0.717) is 0 Å². The summed E-state index contributed by atoms with van der Waals surface area (Å²) in [5.41, 5.74) is 0. The number of nitrogens with one attached hydrogen (secondary N) is 2. The number of nitrogens with zero attached hydrogens (tertiary/aromatic N) is 4. The molecule has 2 rings (SSSR count). The average Bonchev–Trinajstić information content (AvgIpc) is 2.47. The number of amides is 3. The Kier molecular flexibility index (Phi) is 1.33. The van der Waals surface area contributed by atoms with Crippen molar-refractivity contribution in [1.29, 1.82) is 5.39 Å². The fourth-order valence-corrected chi connectivity index (χ4v) is 1.03. The molecule has 2 aliphatic heterocycles. The lowest BCUT2D eigenvalue weighted by Crippen LogP contribution is -2.57. The minimum atomic E-state index is -0.899. The molecule has 0 aliphatic carbocycles. The van der Waals surface area contributed by atoms with Gasteiger partial charge in [-0.3, -0.25) is 15.4 Å². The Bertz CT molecular complexity index is 402. The summed E-state index contributed by atoms with van der Waals surface area (Å²) in [5.74, 6) is -0.722. The van der Waals surface area contributed by atoms with Gasteiger partial charge in [0.2, 0.25) is 5.84 Å². The second-order valence-corrected chi connectivity index (χ2v) is 2.37. The van der Waals surface area contributed by atoms with Gasteiger partial charge >= 0.3 is 12.0 Å². The number of carbonyl (C=O) groups is 2. The van der Waals surface area contributed by atoms with Crippen molar-refractivity contribution in [2.45, 2.75) is 6.04 Å². The van der Waals surface area contributed by atoms with E-state index < -0.39 is 18.0 Å². The van der Waals surface area contributed by atoms with Crippen LogP contribution in [-0.4, -0.2) is 29.8 Å². The molecule has 2 heterocycles. The Morgan fingerprint density at radius 1 is 1.38 bits per heavy atom. The largest absolute Gasteiger partial charge is 0.559 e. The lowest BCUT2D eigenvalue weighted by Gasteiger charge is -2.12. The van der Waals surface area contributed by atoms with Crippen LogP contribution in [0.25, 0.3) is 4.98 Å². The van der Waals surface area contributed by atoms with Crippen LogP contribution in [0.2, 0.25) is 0 Å². The molecule has 3 amide bonds. The maximum atomic E-state index is 11.1. The van der Waals surface area contributed by atoms with E-state index in [-0.39, 0.29) is 11.8 Å². The van der Waals surface area contributed by atoms with E-state index in [4.69, 9.17) is 5.39 Å². The van der Waals surface area contributed by atoms with Crippen LogP contribution in [0.1, 0.15) is 0 Å². The highest BCUT2D eigenvalue weighted by Crippen LogP contribution is 2.08. The van der Waals surface area contributed by atoms with Crippen molar-refractivity contribution in [1.82, 2.24) is 10.6 Å². The van der Waals surface area contributed by atoms with Gasteiger partial charge in [0.25, 0.3) is 11.9 Å². The van der Waals surface area contributed by atoms with Crippen molar-refractivity contribution in [3.63, 3.8) is 0 Å². The predicted molar refractivity (Wildman–Crippen MR) is 40.4 cm³/mol. The van der Waals surface area contributed by atoms with Crippen molar-refractivity contribution in [3.05, 3.63) is 4.98 Å². The molecule has 8 nitrogen and oxygen atoms in total. The smallest absolute Gasteiger partial charge is 0.278 e. The monoisotopic (exact) mass is 179 g/mol. The van der Waals surface area contributed by atoms with Gasteiger partial charge in [-0.05, 0) is 9.97 Å². The van der Waals surface area contributed by atoms with Crippen molar-refractivity contribution >= 4 is 23.7 Å². The molecule has 0 saturated carbocycles. The molecule has 0 bridgehead atoms. The number of hydrogen-bond donors (Lipinski definition) is 2. The van der Waals surface area contributed by atoms with E-state index in [1.54, 1.807) is 0 Å². The van der Waals surface area contributed by atoms with E-state index in [0.717, 1.165) is 0 Å². The number of hydrogen-bond acceptors (Lipinski definition) is 5. The summed E-state index contributed by atoms with van der Waals surface area (Å²) in [6.07, 6.45) is 0. The Balaban J connectivity index is 2.36. The first-order valence-electron chi connectivity index (χ1n) is 3.34. The highest BCUT2D eigenvalue weighted by atomic mass is 16.2. The first-order chi connectivity index (χ1) is 6.20. The van der Waals surface area contributed by atoms with E-state index >= 15 is 0 Å². The number of fused-ring (bicyclic) bond motifs is 1. The predicted octanol–water partition coefficient (Wildman–Crippen LogP) is -1.18. The van der Waals surface area contributed by atoms with Crippen LogP contribution in [0.5, 0.6) is 0 Å². The van der Waals surface area contributed by atoms with E-state index in [2.05, 4.69) is 20.3 Å². The van der Waals surface area contributed by atoms with Crippen molar-refractivity contribution in [2.75, 3.05) is 0 Å². The van der Waals surface area contributed by atoms with Gasteiger partial charge in [-0.25, -0.2) is 4.79 Å². The van der Waals surface area contributed by atoms with Crippen LogP contribution in [0.3, 0.4) is 0 Å². The number of guanidine groups is 1. The normalized spacial score (nSPS) is 25.0. The SMILES string of the molecule is N#[N+]C1=NC2C(=O)NC(=O)NC2=N1. The number of amidine groups is 1. The summed E-state index contributed by atoms with van der Waals surface area (Å²) in [6.45, 7) is 0. The number of imide groups is 1. The highest BCUT2D eigenvalue weighted by molar-refractivity contribution is 6.26. The Hall–Kier alpha value is -2.30. The van der Waals surface area contributed by atoms with Gasteiger partial charge in [-0.1, -0.05) is 4.99 Å². The molecule has 1 saturated heterocycles. The summed E-state index contributed by atoms with van der Waals surface area (Å²) in [4.78, 5) is 31.7. The molecule has 0 aromatic rings. The lowest BCUT2D eigenvalue weighted by atomic mass is 10.2. The lowest BCUT2D eigenvalue weighted by molar-refractivity contribution is -0.120. The zero-order chi connectivity index (χ0) is 9.42. The molecule has 13 heavy (non-hydrogen) atoms. The Morgan fingerprint density at radius 2 is 2.15 bits per heavy atom. The van der Waals surface area contributed by atoms with Crippen LogP contribution in [-0.2, 0) is 4.79 Å². The second kappa shape index (κ2) is 2.34. The van der Waals surface area contributed by atoms with Gasteiger partial charge < -0.3 is 0 Å². The van der Waals surface area contributed by atoms with Crippen LogP contribution in [0.4, 0.5) is 4.79 Å². The molecule has 1 unspecified atom stereocenters. The Labute approximate surface area is 71.4 Å². The molecule has 2 aliphatic rings. The quantitative estimate of drug-likeness (QED) is 0.456. The first-order valence-corrected chi connectivity index (χ1v) is 3.34. The second-order valence-electron chi connectivity index (χ2n) is 2.37. The first kappa shape index (κ1) is 7.35. The molecule has 8 heteroatoms. The number of aliphatic imine (C=N–C) groups is 2. The minimum Gasteiger partial charge on any atom is -0.278 e. The summed E-state index contributed by atoms with van der Waals surface area (Å²) >= 11 is 0. The Morgan fingerprint density at radius 3 is 2.85 bits per heavy atom. The maximum Gasteiger partial charge on any atom is 0.559 e. The average molecular weight is 179 g/mol. The third-order valence-corrected chi connectivity index (χ3v) is 1.54. The fourth-order valence-electron chi connectivity index (χ4n) is 1.03. The third-order valence-electron chi connectivity index (χ3n) is 1.54. The fraction of sp³-hybridized carbons (Fsp3) is 0.200. The molecular formula is C5H3N6O2+. The molecule has 1 atom stereocenters. The molecule has 0 radical (unpaired) electrons. The van der Waals surface area contributed by atoms with Gasteiger partial charge in [0.15, 0.2) is 0 Å². The molecule has 64 valence electrons. The van der Waals surface area contributed by atoms with Gasteiger partial charge in [0, 0.05) is 0 Å². The van der Waals surface area contributed by atoms with E-state index in [1.807, 2.05) is 5.32 Å². The summed E-state index contributed by atoms with van der Waals surface area (Å²) in [6, 6.07) is -1.56. The van der Waals surface area contributed by atoms with Gasteiger partial charge in [0.05, 0.1) is 5.39 Å². The van der Waals surface area contributed by atoms with Gasteiger partial charge in [-0.15, -0.1) is 0 Å². The highest BCUT2D eigenvalue weighted by Gasteiger charge is 2.44. The van der Waals surface area contributed by atoms with Crippen molar-refractivity contribution < 1.29 is 9.59 Å². The molecule has 0 aromatic heterocycles. The topological polar surface area (TPSA) is 111 Å². The van der Waals surface area contributed by atoms with Crippen LogP contribution in [0, 0.1) is 5.39 Å². The van der Waals surface area contributed by atoms with Crippen molar-refractivity contribution in [2.24, 2.45) is 9.98 Å². The summed E-state index contributed by atoms with van der Waals surface area (Å²) in [7, 11) is 0. The molecule has 0 aromatic carbocycles. The van der Waals surface area contributed by atoms with Crippen LogP contribution >= 0.6 is 0 Å². The molecule has 1 fully saturated rings. The van der Waals surface area contributed by atoms with Gasteiger partial charge in [0.1, 0.15) is 0 Å². The molecular weight excluding hydrogens is 176 g/mol. The third kappa shape index (κ3) is 1.02. The number of diazo groups is 1. The zero-order valence-electron chi connectivity index (χ0n) is 6.18. The number of urea groups is 1. The number of rotatable bonds is 0. The van der Waals surface area contributed by atoms with Gasteiger partial charge in [-0.2, -0.15) is 0 Å². The summed E-state index contributed by atoms with van der Waals surface area (Å²) < 4.78 is 0. The maximum absolute atomic E-state index is 11.1. The van der Waals surface area contributed by atoms with Crippen LogP contribution < -0.4 is 10.6 Å². The molecule has 0 spiro atoms. The minimum absolute atomic E-state index is 0.0848.